The molecule has 4 nitrogen and oxygen atoms in total. The molecule has 0 heterocycles. The molecule has 0 aromatic heterocycles. The van der Waals surface area contributed by atoms with Gasteiger partial charge in [-0.3, -0.25) is 10.1 Å². The summed E-state index contributed by atoms with van der Waals surface area (Å²) in [7, 11) is 0. The predicted molar refractivity (Wildman–Crippen MR) is 71.5 cm³/mol. The first kappa shape index (κ1) is 13.5. The Labute approximate surface area is 117 Å². The average molecular weight is 326 g/mol. The van der Waals surface area contributed by atoms with Crippen LogP contribution in [0.4, 0.5) is 10.1 Å². The van der Waals surface area contributed by atoms with E-state index in [0.29, 0.717) is 0 Å². The summed E-state index contributed by atoms with van der Waals surface area (Å²) in [5.41, 5.74) is 0.350. The van der Waals surface area contributed by atoms with Gasteiger partial charge in [0, 0.05) is 16.6 Å². The molecule has 0 unspecified atom stereocenters. The maximum atomic E-state index is 13.4. The molecule has 2 aromatic rings. The van der Waals surface area contributed by atoms with Crippen molar-refractivity contribution in [1.29, 1.82) is 0 Å². The smallest absolute Gasteiger partial charge is 0.305 e. The molecule has 0 atom stereocenters. The van der Waals surface area contributed by atoms with Crippen molar-refractivity contribution in [2.24, 2.45) is 0 Å². The molecular weight excluding hydrogens is 317 g/mol. The summed E-state index contributed by atoms with van der Waals surface area (Å²) in [4.78, 5) is 9.70. The maximum Gasteiger partial charge on any atom is 0.305 e. The molecule has 19 heavy (non-hydrogen) atoms. The summed E-state index contributed by atoms with van der Waals surface area (Å²) in [6, 6.07) is 11.0. The maximum absolute atomic E-state index is 13.4. The van der Waals surface area contributed by atoms with Crippen molar-refractivity contribution in [3.8, 4) is 5.75 Å². The van der Waals surface area contributed by atoms with Gasteiger partial charge in [-0.25, -0.2) is 0 Å². The molecule has 2 aromatic carbocycles. The van der Waals surface area contributed by atoms with Crippen LogP contribution in [0.5, 0.6) is 5.75 Å². The molecular formula is C13H9BrFNO3. The van der Waals surface area contributed by atoms with E-state index < -0.39 is 16.4 Å². The normalized spacial score (nSPS) is 10.2. The van der Waals surface area contributed by atoms with Gasteiger partial charge in [0.05, 0.1) is 4.92 Å². The van der Waals surface area contributed by atoms with Crippen molar-refractivity contribution < 1.29 is 14.1 Å². The molecule has 0 spiro atoms. The van der Waals surface area contributed by atoms with E-state index in [9.17, 15) is 14.5 Å². The fraction of sp³-hybridized carbons (Fsp3) is 0.0769. The number of rotatable bonds is 4. The molecule has 0 radical (unpaired) electrons. The van der Waals surface area contributed by atoms with Crippen LogP contribution < -0.4 is 4.74 Å². The number of hydrogen-bond acceptors (Lipinski definition) is 3. The lowest BCUT2D eigenvalue weighted by atomic mass is 10.2. The molecule has 0 saturated carbocycles. The van der Waals surface area contributed by atoms with Crippen molar-refractivity contribution in [1.82, 2.24) is 0 Å². The molecule has 0 aliphatic heterocycles. The van der Waals surface area contributed by atoms with Gasteiger partial charge >= 0.3 is 5.69 Å². The van der Waals surface area contributed by atoms with Crippen molar-refractivity contribution in [3.63, 3.8) is 0 Å². The van der Waals surface area contributed by atoms with Crippen molar-refractivity contribution >= 4 is 21.6 Å². The van der Waals surface area contributed by atoms with Gasteiger partial charge in [0.25, 0.3) is 0 Å². The summed E-state index contributed by atoms with van der Waals surface area (Å²) in [5, 5.41) is 10.5. The van der Waals surface area contributed by atoms with Crippen LogP contribution in [0.15, 0.2) is 46.9 Å². The Hall–Kier alpha value is -1.95. The Bertz CT molecular complexity index is 619. The van der Waals surface area contributed by atoms with Gasteiger partial charge in [-0.15, -0.1) is 0 Å². The Balaban J connectivity index is 2.08. The molecule has 0 aliphatic carbocycles. The zero-order chi connectivity index (χ0) is 13.8. The Morgan fingerprint density at radius 1 is 1.26 bits per heavy atom. The van der Waals surface area contributed by atoms with Crippen molar-refractivity contribution in [2.75, 3.05) is 0 Å². The SMILES string of the molecule is O=[N+]([O-])c1ccc(OCc2cccc(Br)c2)cc1F. The Morgan fingerprint density at radius 2 is 2.05 bits per heavy atom. The van der Waals surface area contributed by atoms with Gasteiger partial charge in [-0.1, -0.05) is 28.1 Å². The van der Waals surface area contributed by atoms with Gasteiger partial charge in [0.1, 0.15) is 12.4 Å². The number of ether oxygens (including phenoxy) is 1. The molecule has 0 fully saturated rings. The fourth-order valence-corrected chi connectivity index (χ4v) is 1.97. The molecule has 6 heteroatoms. The highest BCUT2D eigenvalue weighted by Gasteiger charge is 2.14. The zero-order valence-corrected chi connectivity index (χ0v) is 11.3. The first-order valence-corrected chi connectivity index (χ1v) is 6.17. The predicted octanol–water partition coefficient (Wildman–Crippen LogP) is 4.08. The number of halogens is 2. The van der Waals surface area contributed by atoms with E-state index in [1.165, 1.54) is 6.07 Å². The van der Waals surface area contributed by atoms with Gasteiger partial charge < -0.3 is 4.74 Å². The second-order valence-electron chi connectivity index (χ2n) is 3.79. The third kappa shape index (κ3) is 3.51. The highest BCUT2D eigenvalue weighted by Crippen LogP contribution is 2.23. The molecule has 0 bridgehead atoms. The second-order valence-corrected chi connectivity index (χ2v) is 4.70. The number of nitro benzene ring substituents is 1. The summed E-state index contributed by atoms with van der Waals surface area (Å²) < 4.78 is 19.7. The summed E-state index contributed by atoms with van der Waals surface area (Å²) >= 11 is 3.33. The minimum atomic E-state index is -0.906. The summed E-state index contributed by atoms with van der Waals surface area (Å²) in [5.74, 6) is -0.653. The quantitative estimate of drug-likeness (QED) is 0.628. The lowest BCUT2D eigenvalue weighted by Gasteiger charge is -2.06. The molecule has 0 N–H and O–H groups in total. The summed E-state index contributed by atoms with van der Waals surface area (Å²) in [6.07, 6.45) is 0. The zero-order valence-electron chi connectivity index (χ0n) is 9.68. The first-order valence-electron chi connectivity index (χ1n) is 5.37. The highest BCUT2D eigenvalue weighted by molar-refractivity contribution is 9.10. The largest absolute Gasteiger partial charge is 0.489 e. The van der Waals surface area contributed by atoms with Crippen LogP contribution in [-0.4, -0.2) is 4.92 Å². The standard InChI is InChI=1S/C13H9BrFNO3/c14-10-3-1-2-9(6-10)8-19-11-4-5-13(16(17)18)12(15)7-11/h1-7H,8H2. The van der Waals surface area contributed by atoms with Crippen LogP contribution in [-0.2, 0) is 6.61 Å². The van der Waals surface area contributed by atoms with Crippen molar-refractivity contribution in [3.05, 3.63) is 68.4 Å². The van der Waals surface area contributed by atoms with Crippen molar-refractivity contribution in [2.45, 2.75) is 6.61 Å². The van der Waals surface area contributed by atoms with E-state index >= 15 is 0 Å². The van der Waals surface area contributed by atoms with E-state index in [1.54, 1.807) is 0 Å². The minimum absolute atomic E-state index is 0.253. The van der Waals surface area contributed by atoms with Crippen LogP contribution in [0, 0.1) is 15.9 Å². The van der Waals surface area contributed by atoms with Gasteiger partial charge in [0.15, 0.2) is 0 Å². The second kappa shape index (κ2) is 5.79. The van der Waals surface area contributed by atoms with Crippen LogP contribution in [0.25, 0.3) is 0 Å². The Morgan fingerprint density at radius 3 is 2.68 bits per heavy atom. The van der Waals surface area contributed by atoms with E-state index in [1.807, 2.05) is 24.3 Å². The van der Waals surface area contributed by atoms with Crippen LogP contribution >= 0.6 is 15.9 Å². The molecule has 0 saturated heterocycles. The molecule has 0 amide bonds. The fourth-order valence-electron chi connectivity index (χ4n) is 1.52. The lowest BCUT2D eigenvalue weighted by Crippen LogP contribution is -1.97. The van der Waals surface area contributed by atoms with Crippen LogP contribution in [0.3, 0.4) is 0 Å². The number of nitro groups is 1. The van der Waals surface area contributed by atoms with E-state index in [4.69, 9.17) is 4.74 Å². The lowest BCUT2D eigenvalue weighted by molar-refractivity contribution is -0.387. The van der Waals surface area contributed by atoms with E-state index in [-0.39, 0.29) is 12.4 Å². The highest BCUT2D eigenvalue weighted by atomic mass is 79.9. The van der Waals surface area contributed by atoms with Crippen LogP contribution in [0.2, 0.25) is 0 Å². The monoisotopic (exact) mass is 325 g/mol. The summed E-state index contributed by atoms with van der Waals surface area (Å²) in [6.45, 7) is 0.261. The van der Waals surface area contributed by atoms with Gasteiger partial charge in [-0.05, 0) is 23.8 Å². The molecule has 98 valence electrons. The Kier molecular flexibility index (Phi) is 4.11. The first-order chi connectivity index (χ1) is 9.06. The third-order valence-corrected chi connectivity index (χ3v) is 2.90. The molecule has 2 rings (SSSR count). The third-order valence-electron chi connectivity index (χ3n) is 2.41. The van der Waals surface area contributed by atoms with E-state index in [0.717, 1.165) is 22.2 Å². The number of hydrogen-bond donors (Lipinski definition) is 0. The topological polar surface area (TPSA) is 52.4 Å². The molecule has 0 aliphatic rings. The number of nitrogens with zero attached hydrogens (tertiary/aromatic N) is 1. The minimum Gasteiger partial charge on any atom is -0.489 e. The van der Waals surface area contributed by atoms with Crippen LogP contribution in [0.1, 0.15) is 5.56 Å². The number of benzene rings is 2. The van der Waals surface area contributed by atoms with Gasteiger partial charge in [-0.2, -0.15) is 4.39 Å². The van der Waals surface area contributed by atoms with Gasteiger partial charge in [0.2, 0.25) is 5.82 Å². The average Bonchev–Trinajstić information content (AvgIpc) is 2.36. The van der Waals surface area contributed by atoms with E-state index in [2.05, 4.69) is 15.9 Å².